The standard InChI is InChI=1S/C12H21N.ClH/c1-4-5-6-9-13-10-7-8-11(2)12(13)3;/h7-8,10,12H,4-6,9H2,1-3H3;1H. The third-order valence-electron chi connectivity index (χ3n) is 2.81. The van der Waals surface area contributed by atoms with E-state index in [1.165, 1.54) is 31.4 Å². The van der Waals surface area contributed by atoms with E-state index in [1.807, 2.05) is 0 Å². The zero-order valence-corrected chi connectivity index (χ0v) is 10.3. The van der Waals surface area contributed by atoms with E-state index in [0.717, 1.165) is 0 Å². The van der Waals surface area contributed by atoms with Gasteiger partial charge in [0.2, 0.25) is 0 Å². The zero-order valence-electron chi connectivity index (χ0n) is 9.49. The largest absolute Gasteiger partial charge is 0.371 e. The Morgan fingerprint density at radius 3 is 2.71 bits per heavy atom. The van der Waals surface area contributed by atoms with E-state index in [-0.39, 0.29) is 12.4 Å². The van der Waals surface area contributed by atoms with Crippen LogP contribution in [0.5, 0.6) is 0 Å². The second-order valence-electron chi connectivity index (χ2n) is 3.87. The van der Waals surface area contributed by atoms with E-state index in [4.69, 9.17) is 0 Å². The van der Waals surface area contributed by atoms with Crippen molar-refractivity contribution in [2.24, 2.45) is 0 Å². The molecule has 1 rings (SSSR count). The highest BCUT2D eigenvalue weighted by Gasteiger charge is 2.12. The summed E-state index contributed by atoms with van der Waals surface area (Å²) >= 11 is 0. The molecule has 2 heteroatoms. The molecule has 14 heavy (non-hydrogen) atoms. The van der Waals surface area contributed by atoms with Crippen LogP contribution in [0, 0.1) is 0 Å². The van der Waals surface area contributed by atoms with Gasteiger partial charge in [-0.2, -0.15) is 0 Å². The fourth-order valence-electron chi connectivity index (χ4n) is 1.65. The molecule has 0 spiro atoms. The number of hydrogen-bond donors (Lipinski definition) is 0. The van der Waals surface area contributed by atoms with Gasteiger partial charge in [-0.1, -0.05) is 31.4 Å². The molecule has 82 valence electrons. The summed E-state index contributed by atoms with van der Waals surface area (Å²) in [6.45, 7) is 7.94. The maximum Gasteiger partial charge on any atom is 0.0468 e. The maximum absolute atomic E-state index is 2.44. The topological polar surface area (TPSA) is 3.24 Å². The van der Waals surface area contributed by atoms with Crippen molar-refractivity contribution < 1.29 is 0 Å². The second-order valence-corrected chi connectivity index (χ2v) is 3.87. The minimum absolute atomic E-state index is 0. The fraction of sp³-hybridized carbons (Fsp3) is 0.667. The molecule has 1 heterocycles. The molecule has 0 N–H and O–H groups in total. The number of unbranched alkanes of at least 4 members (excludes halogenated alkanes) is 2. The molecule has 0 amide bonds. The first-order valence-corrected chi connectivity index (χ1v) is 5.36. The van der Waals surface area contributed by atoms with Gasteiger partial charge >= 0.3 is 0 Å². The summed E-state index contributed by atoms with van der Waals surface area (Å²) < 4.78 is 0. The van der Waals surface area contributed by atoms with Crippen LogP contribution in [0.4, 0.5) is 0 Å². The molecule has 1 nitrogen and oxygen atoms in total. The van der Waals surface area contributed by atoms with E-state index in [2.05, 4.69) is 44.0 Å². The van der Waals surface area contributed by atoms with Gasteiger partial charge in [-0.3, -0.25) is 0 Å². The van der Waals surface area contributed by atoms with Crippen LogP contribution in [0.2, 0.25) is 0 Å². The number of halogens is 1. The molecule has 1 aliphatic rings. The Labute approximate surface area is 94.3 Å². The summed E-state index contributed by atoms with van der Waals surface area (Å²) in [5, 5.41) is 0. The minimum Gasteiger partial charge on any atom is -0.371 e. The molecule has 0 aromatic rings. The highest BCUT2D eigenvalue weighted by atomic mass is 35.5. The molecule has 0 saturated carbocycles. The van der Waals surface area contributed by atoms with Gasteiger partial charge in [0.15, 0.2) is 0 Å². The van der Waals surface area contributed by atoms with E-state index in [9.17, 15) is 0 Å². The molecule has 0 saturated heterocycles. The van der Waals surface area contributed by atoms with E-state index >= 15 is 0 Å². The molecule has 1 atom stereocenters. The molecule has 1 unspecified atom stereocenters. The summed E-state index contributed by atoms with van der Waals surface area (Å²) in [5.41, 5.74) is 1.47. The molecule has 0 fully saturated rings. The van der Waals surface area contributed by atoms with Crippen molar-refractivity contribution >= 4 is 12.4 Å². The van der Waals surface area contributed by atoms with Crippen molar-refractivity contribution in [2.75, 3.05) is 6.54 Å². The van der Waals surface area contributed by atoms with Gasteiger partial charge in [0.25, 0.3) is 0 Å². The van der Waals surface area contributed by atoms with Crippen LogP contribution in [0.15, 0.2) is 23.9 Å². The molecule has 0 aliphatic carbocycles. The van der Waals surface area contributed by atoms with Crippen LogP contribution in [0.3, 0.4) is 0 Å². The lowest BCUT2D eigenvalue weighted by molar-refractivity contribution is 0.312. The maximum atomic E-state index is 2.44. The Morgan fingerprint density at radius 1 is 1.36 bits per heavy atom. The molecule has 0 radical (unpaired) electrons. The van der Waals surface area contributed by atoms with Gasteiger partial charge in [0, 0.05) is 12.6 Å². The summed E-state index contributed by atoms with van der Waals surface area (Å²) in [4.78, 5) is 2.44. The van der Waals surface area contributed by atoms with E-state index in [1.54, 1.807) is 0 Å². The number of allylic oxidation sites excluding steroid dienone is 2. The van der Waals surface area contributed by atoms with Gasteiger partial charge in [-0.05, 0) is 32.5 Å². The predicted molar refractivity (Wildman–Crippen MR) is 65.8 cm³/mol. The molecular formula is C12H22ClN. The van der Waals surface area contributed by atoms with Gasteiger partial charge in [-0.25, -0.2) is 0 Å². The lowest BCUT2D eigenvalue weighted by Gasteiger charge is -2.30. The quantitative estimate of drug-likeness (QED) is 0.646. The molecule has 0 aromatic carbocycles. The van der Waals surface area contributed by atoms with Crippen LogP contribution >= 0.6 is 12.4 Å². The van der Waals surface area contributed by atoms with Crippen molar-refractivity contribution in [1.82, 2.24) is 4.90 Å². The summed E-state index contributed by atoms with van der Waals surface area (Å²) in [7, 11) is 0. The first-order chi connectivity index (χ1) is 6.25. The minimum atomic E-state index is 0. The highest BCUT2D eigenvalue weighted by Crippen LogP contribution is 2.16. The smallest absolute Gasteiger partial charge is 0.0468 e. The molecule has 0 aromatic heterocycles. The Balaban J connectivity index is 0.00000169. The lowest BCUT2D eigenvalue weighted by Crippen LogP contribution is -2.31. The molecular weight excluding hydrogens is 194 g/mol. The van der Waals surface area contributed by atoms with Crippen molar-refractivity contribution in [2.45, 2.75) is 46.1 Å². The van der Waals surface area contributed by atoms with Crippen LogP contribution in [0.1, 0.15) is 40.0 Å². The third kappa shape index (κ3) is 3.75. The third-order valence-corrected chi connectivity index (χ3v) is 2.81. The number of nitrogens with zero attached hydrogens (tertiary/aromatic N) is 1. The fourth-order valence-corrected chi connectivity index (χ4v) is 1.65. The average Bonchev–Trinajstić information content (AvgIpc) is 2.13. The summed E-state index contributed by atoms with van der Waals surface area (Å²) in [6.07, 6.45) is 10.6. The Morgan fingerprint density at radius 2 is 2.07 bits per heavy atom. The number of rotatable bonds is 4. The van der Waals surface area contributed by atoms with E-state index < -0.39 is 0 Å². The normalized spacial score (nSPS) is 20.4. The highest BCUT2D eigenvalue weighted by molar-refractivity contribution is 5.85. The molecule has 1 aliphatic heterocycles. The van der Waals surface area contributed by atoms with Gasteiger partial charge in [0.05, 0.1) is 0 Å². The van der Waals surface area contributed by atoms with Crippen molar-refractivity contribution in [3.63, 3.8) is 0 Å². The summed E-state index contributed by atoms with van der Waals surface area (Å²) in [5.74, 6) is 0. The predicted octanol–water partition coefficient (Wildman–Crippen LogP) is 3.76. The van der Waals surface area contributed by atoms with Crippen molar-refractivity contribution in [3.8, 4) is 0 Å². The monoisotopic (exact) mass is 215 g/mol. The SMILES string of the molecule is CCCCCN1C=CC=C(C)C1C.Cl. The van der Waals surface area contributed by atoms with Gasteiger partial charge in [-0.15, -0.1) is 12.4 Å². The Bertz CT molecular complexity index is 208. The lowest BCUT2D eigenvalue weighted by atomic mass is 10.1. The Hall–Kier alpha value is -0.430. The average molecular weight is 216 g/mol. The van der Waals surface area contributed by atoms with Gasteiger partial charge in [0.1, 0.15) is 0 Å². The van der Waals surface area contributed by atoms with Gasteiger partial charge < -0.3 is 4.90 Å². The van der Waals surface area contributed by atoms with E-state index in [0.29, 0.717) is 6.04 Å². The molecule has 0 bridgehead atoms. The van der Waals surface area contributed by atoms with Crippen LogP contribution in [-0.2, 0) is 0 Å². The van der Waals surface area contributed by atoms with Crippen LogP contribution < -0.4 is 0 Å². The zero-order chi connectivity index (χ0) is 9.68. The number of hydrogen-bond acceptors (Lipinski definition) is 1. The van der Waals surface area contributed by atoms with Crippen LogP contribution in [0.25, 0.3) is 0 Å². The van der Waals surface area contributed by atoms with Crippen molar-refractivity contribution in [3.05, 3.63) is 23.9 Å². The Kier molecular flexibility index (Phi) is 6.73. The second kappa shape index (κ2) is 6.94. The van der Waals surface area contributed by atoms with Crippen LogP contribution in [-0.4, -0.2) is 17.5 Å². The van der Waals surface area contributed by atoms with Crippen molar-refractivity contribution in [1.29, 1.82) is 0 Å². The summed E-state index contributed by atoms with van der Waals surface area (Å²) in [6, 6.07) is 0.599. The first kappa shape index (κ1) is 13.6. The first-order valence-electron chi connectivity index (χ1n) is 5.36.